The molecule has 9 nitrogen and oxygen atoms in total. The van der Waals surface area contributed by atoms with Gasteiger partial charge in [-0.1, -0.05) is 0 Å². The molecular weight excluding hydrogens is 378 g/mol. The van der Waals surface area contributed by atoms with Gasteiger partial charge in [0.1, 0.15) is 12.4 Å². The third-order valence-corrected chi connectivity index (χ3v) is 5.38. The number of aromatic nitrogens is 3. The van der Waals surface area contributed by atoms with Crippen molar-refractivity contribution in [1.82, 2.24) is 30.3 Å². The second kappa shape index (κ2) is 11.6. The largest absolute Gasteiger partial charge is 0.387 e. The van der Waals surface area contributed by atoms with Gasteiger partial charge in [-0.15, -0.1) is 10.2 Å². The van der Waals surface area contributed by atoms with Crippen LogP contribution in [0.2, 0.25) is 0 Å². The minimum absolute atomic E-state index is 0.413. The summed E-state index contributed by atoms with van der Waals surface area (Å²) in [5, 5.41) is 25.7. The van der Waals surface area contributed by atoms with Crippen LogP contribution in [0.1, 0.15) is 25.0 Å². The van der Waals surface area contributed by atoms with Gasteiger partial charge in [0.05, 0.1) is 18.8 Å². The minimum Gasteiger partial charge on any atom is -0.387 e. The molecule has 1 aliphatic rings. The number of aliphatic hydroxyl groups is 1. The number of ether oxygens (including phenoxy) is 1. The van der Waals surface area contributed by atoms with Gasteiger partial charge < -0.3 is 25.0 Å². The van der Waals surface area contributed by atoms with Crippen LogP contribution in [0, 0.1) is 6.92 Å². The molecule has 0 radical (unpaired) electrons. The smallest absolute Gasteiger partial charge is 0.191 e. The van der Waals surface area contributed by atoms with Crippen LogP contribution in [0.25, 0.3) is 0 Å². The molecule has 160 valence electrons. The van der Waals surface area contributed by atoms with E-state index < -0.39 is 5.60 Å². The van der Waals surface area contributed by atoms with E-state index in [1.54, 1.807) is 0 Å². The van der Waals surface area contributed by atoms with E-state index in [0.29, 0.717) is 25.6 Å². The molecule has 2 heterocycles. The Balaban J connectivity index is 1.91. The molecule has 1 unspecified atom stereocenters. The number of nitrogens with zero attached hydrogens (tertiary/aromatic N) is 5. The Kier molecular flexibility index (Phi) is 9.49. The van der Waals surface area contributed by atoms with Crippen molar-refractivity contribution in [3.8, 4) is 0 Å². The zero-order valence-corrected chi connectivity index (χ0v) is 18.4. The van der Waals surface area contributed by atoms with Crippen molar-refractivity contribution in [2.45, 2.75) is 32.4 Å². The Morgan fingerprint density at radius 2 is 2.07 bits per heavy atom. The third kappa shape index (κ3) is 7.94. The molecule has 1 atom stereocenters. The van der Waals surface area contributed by atoms with Crippen LogP contribution in [0.5, 0.6) is 0 Å². The van der Waals surface area contributed by atoms with Crippen LogP contribution in [-0.2, 0) is 18.3 Å². The Labute approximate surface area is 172 Å². The molecule has 1 aliphatic heterocycles. The lowest BCUT2D eigenvalue weighted by Gasteiger charge is -2.34. The van der Waals surface area contributed by atoms with Gasteiger partial charge in [-0.25, -0.2) is 4.99 Å². The number of rotatable bonds is 10. The average Bonchev–Trinajstić information content (AvgIpc) is 2.99. The Morgan fingerprint density at radius 3 is 2.71 bits per heavy atom. The van der Waals surface area contributed by atoms with Crippen molar-refractivity contribution in [2.24, 2.45) is 12.0 Å². The highest BCUT2D eigenvalue weighted by molar-refractivity contribution is 7.98. The molecule has 3 N–H and O–H groups in total. The Hall–Kier alpha value is -1.36. The highest BCUT2D eigenvalue weighted by Crippen LogP contribution is 2.08. The highest BCUT2D eigenvalue weighted by atomic mass is 32.2. The number of aryl methyl sites for hydroxylation is 1. The van der Waals surface area contributed by atoms with Gasteiger partial charge in [0.2, 0.25) is 0 Å². The van der Waals surface area contributed by atoms with E-state index in [4.69, 9.17) is 4.74 Å². The molecule has 0 spiro atoms. The molecule has 1 aromatic rings. The Bertz CT molecular complexity index is 615. The van der Waals surface area contributed by atoms with Gasteiger partial charge in [0.25, 0.3) is 0 Å². The summed E-state index contributed by atoms with van der Waals surface area (Å²) in [6.45, 7) is 9.22. The molecule has 1 aromatic heterocycles. The van der Waals surface area contributed by atoms with E-state index in [-0.39, 0.29) is 0 Å². The lowest BCUT2D eigenvalue weighted by Crippen LogP contribution is -2.53. The van der Waals surface area contributed by atoms with Crippen LogP contribution >= 0.6 is 11.8 Å². The number of hydrogen-bond donors (Lipinski definition) is 3. The summed E-state index contributed by atoms with van der Waals surface area (Å²) in [5.74, 6) is 3.45. The topological polar surface area (TPSA) is 99.8 Å². The number of thioether (sulfide) groups is 1. The first-order valence-corrected chi connectivity index (χ1v) is 11.2. The predicted molar refractivity (Wildman–Crippen MR) is 114 cm³/mol. The average molecular weight is 414 g/mol. The van der Waals surface area contributed by atoms with E-state index in [2.05, 4.69) is 37.0 Å². The first kappa shape index (κ1) is 22.9. The number of β-amino-alcohol motifs (C(OH)–C–C–N with tert-alkyl or cyclic N) is 1. The fourth-order valence-electron chi connectivity index (χ4n) is 2.91. The van der Waals surface area contributed by atoms with Crippen molar-refractivity contribution in [1.29, 1.82) is 0 Å². The van der Waals surface area contributed by atoms with Gasteiger partial charge in [-0.2, -0.15) is 11.8 Å². The number of morpholine rings is 1. The van der Waals surface area contributed by atoms with Gasteiger partial charge in [-0.05, 0) is 32.3 Å². The van der Waals surface area contributed by atoms with Crippen molar-refractivity contribution < 1.29 is 9.84 Å². The maximum absolute atomic E-state index is 10.8. The first-order valence-electron chi connectivity index (χ1n) is 9.80. The molecule has 0 saturated carbocycles. The molecular formula is C18H35N7O2S. The van der Waals surface area contributed by atoms with E-state index in [1.807, 2.05) is 37.2 Å². The quantitative estimate of drug-likeness (QED) is 0.280. The van der Waals surface area contributed by atoms with Gasteiger partial charge >= 0.3 is 0 Å². The fourth-order valence-corrected chi connectivity index (χ4v) is 3.34. The van der Waals surface area contributed by atoms with Crippen LogP contribution in [-0.4, -0.2) is 94.3 Å². The molecule has 1 fully saturated rings. The van der Waals surface area contributed by atoms with Crippen LogP contribution in [0.4, 0.5) is 0 Å². The lowest BCUT2D eigenvalue weighted by atomic mass is 10.1. The molecule has 2 rings (SSSR count). The zero-order valence-electron chi connectivity index (χ0n) is 17.6. The first-order chi connectivity index (χ1) is 13.4. The van der Waals surface area contributed by atoms with E-state index in [1.165, 1.54) is 0 Å². The molecule has 0 aromatic carbocycles. The molecule has 28 heavy (non-hydrogen) atoms. The summed E-state index contributed by atoms with van der Waals surface area (Å²) >= 11 is 1.83. The lowest BCUT2D eigenvalue weighted by molar-refractivity contribution is -0.0201. The van der Waals surface area contributed by atoms with Crippen molar-refractivity contribution in [3.63, 3.8) is 0 Å². The van der Waals surface area contributed by atoms with Crippen molar-refractivity contribution in [3.05, 3.63) is 11.6 Å². The number of guanidine groups is 1. The van der Waals surface area contributed by atoms with E-state index in [9.17, 15) is 5.11 Å². The summed E-state index contributed by atoms with van der Waals surface area (Å²) in [7, 11) is 1.94. The molecule has 10 heteroatoms. The molecule has 0 amide bonds. The second-order valence-corrected chi connectivity index (χ2v) is 8.39. The molecule has 0 bridgehead atoms. The Morgan fingerprint density at radius 1 is 1.32 bits per heavy atom. The third-order valence-electron chi connectivity index (χ3n) is 4.68. The predicted octanol–water partition coefficient (Wildman–Crippen LogP) is -0.00498. The fraction of sp³-hybridized carbons (Fsp3) is 0.833. The molecule has 1 saturated heterocycles. The standard InChI is InChI=1S/C18H35N7O2S/c1-15-22-23-16(24(15)3)12-20-17(19-6-5-11-28-4)21-13-18(2,26)14-25-7-9-27-10-8-25/h26H,5-14H2,1-4H3,(H2,19,20,21). The summed E-state index contributed by atoms with van der Waals surface area (Å²) in [4.78, 5) is 6.87. The van der Waals surface area contributed by atoms with Crippen molar-refractivity contribution in [2.75, 3.05) is 57.9 Å². The van der Waals surface area contributed by atoms with Gasteiger partial charge in [-0.3, -0.25) is 4.90 Å². The van der Waals surface area contributed by atoms with Gasteiger partial charge in [0.15, 0.2) is 11.8 Å². The monoisotopic (exact) mass is 413 g/mol. The normalized spacial score (nSPS) is 18.1. The van der Waals surface area contributed by atoms with E-state index >= 15 is 0 Å². The summed E-state index contributed by atoms with van der Waals surface area (Å²) in [5.41, 5.74) is -0.861. The number of aliphatic imine (C=N–C) groups is 1. The maximum Gasteiger partial charge on any atom is 0.191 e. The SMILES string of the molecule is CSCCCNC(=NCc1nnc(C)n1C)NCC(C)(O)CN1CCOCC1. The van der Waals surface area contributed by atoms with Crippen molar-refractivity contribution >= 4 is 17.7 Å². The number of hydrogen-bond acceptors (Lipinski definition) is 7. The minimum atomic E-state index is -0.861. The van der Waals surface area contributed by atoms with Crippen LogP contribution in [0.3, 0.4) is 0 Å². The highest BCUT2D eigenvalue weighted by Gasteiger charge is 2.25. The van der Waals surface area contributed by atoms with Crippen LogP contribution in [0.15, 0.2) is 4.99 Å². The summed E-state index contributed by atoms with van der Waals surface area (Å²) < 4.78 is 7.31. The molecule has 0 aliphatic carbocycles. The summed E-state index contributed by atoms with van der Waals surface area (Å²) in [6, 6.07) is 0. The maximum atomic E-state index is 10.8. The second-order valence-electron chi connectivity index (χ2n) is 7.40. The number of nitrogens with one attached hydrogen (secondary N) is 2. The van der Waals surface area contributed by atoms with E-state index in [0.717, 1.165) is 56.7 Å². The van der Waals surface area contributed by atoms with Gasteiger partial charge in [0, 0.05) is 39.8 Å². The summed E-state index contributed by atoms with van der Waals surface area (Å²) in [6.07, 6.45) is 3.15. The van der Waals surface area contributed by atoms with Crippen LogP contribution < -0.4 is 10.6 Å². The zero-order chi connectivity index (χ0) is 20.4.